The summed E-state index contributed by atoms with van der Waals surface area (Å²) in [6.45, 7) is 3.67. The number of aliphatic hydroxyl groups excluding tert-OH is 1. The Morgan fingerprint density at radius 2 is 1.28 bits per heavy atom. The van der Waals surface area contributed by atoms with Crippen LogP contribution in [0.25, 0.3) is 10.9 Å². The number of nitrogens with zero attached hydrogens (tertiary/aromatic N) is 1. The highest BCUT2D eigenvalue weighted by Crippen LogP contribution is 2.26. The van der Waals surface area contributed by atoms with Crippen LogP contribution in [-0.2, 0) is 41.6 Å². The molecule has 0 spiro atoms. The monoisotopic (exact) mass is 820 g/mol. The fourth-order valence-electron chi connectivity index (χ4n) is 8.10. The molecule has 0 unspecified atom stereocenters. The predicted octanol–water partition coefficient (Wildman–Crippen LogP) is 1.70. The molecular weight excluding hydrogens is 765 g/mol. The van der Waals surface area contributed by atoms with Crippen LogP contribution < -0.4 is 32.3 Å². The van der Waals surface area contributed by atoms with Crippen molar-refractivity contribution in [3.8, 4) is 0 Å². The van der Waals surface area contributed by atoms with E-state index in [1.54, 1.807) is 13.1 Å². The number of nitrogens with two attached hydrogens (primary N) is 1. The number of aromatic nitrogens is 1. The van der Waals surface area contributed by atoms with Crippen LogP contribution >= 0.6 is 0 Å². The molecule has 3 aromatic carbocycles. The number of H-pyrrole nitrogens is 1. The molecule has 9 N–H and O–H groups in total. The maximum atomic E-state index is 14.7. The van der Waals surface area contributed by atoms with Crippen LogP contribution in [0, 0.1) is 0 Å². The molecule has 60 heavy (non-hydrogen) atoms. The van der Waals surface area contributed by atoms with E-state index in [-0.39, 0.29) is 25.8 Å². The summed E-state index contributed by atoms with van der Waals surface area (Å²) >= 11 is 0. The van der Waals surface area contributed by atoms with Crippen LogP contribution in [0.4, 0.5) is 0 Å². The first-order chi connectivity index (χ1) is 28.9. The van der Waals surface area contributed by atoms with Gasteiger partial charge >= 0.3 is 0 Å². The first kappa shape index (κ1) is 43.5. The first-order valence-corrected chi connectivity index (χ1v) is 20.8. The Bertz CT molecular complexity index is 2130. The Hall–Kier alpha value is -6.06. The normalized spacial score (nSPS) is 24.6. The predicted molar refractivity (Wildman–Crippen MR) is 226 cm³/mol. The van der Waals surface area contributed by atoms with Gasteiger partial charge in [-0.2, -0.15) is 0 Å². The van der Waals surface area contributed by atoms with Gasteiger partial charge in [-0.1, -0.05) is 85.8 Å². The molecule has 3 heterocycles. The lowest BCUT2D eigenvalue weighted by atomic mass is 9.91. The molecule has 4 aromatic rings. The SMILES string of the molecule is C[C@@H](O)[C@@H]1NC(=O)[C@H](CCCCN)NC(=O)[C@@H](Cc2c[nH]c3ccccc23)NC(=O)[C@H](Cc2ccccc2)NC(=O)[C@@H]2CCCN2C(=O)[C@H]([C@@H](C)c2ccccc2)NC1=O. The third-order valence-corrected chi connectivity index (χ3v) is 11.5. The van der Waals surface area contributed by atoms with E-state index in [1.165, 1.54) is 11.8 Å². The lowest BCUT2D eigenvalue weighted by Crippen LogP contribution is -2.63. The molecule has 1 aromatic heterocycles. The van der Waals surface area contributed by atoms with Gasteiger partial charge in [-0.15, -0.1) is 0 Å². The van der Waals surface area contributed by atoms with Crippen molar-refractivity contribution in [2.45, 2.75) is 107 Å². The summed E-state index contributed by atoms with van der Waals surface area (Å²) in [6, 6.07) is 18.5. The number of carbonyl (C=O) groups excluding carboxylic acids is 6. The van der Waals surface area contributed by atoms with Gasteiger partial charge in [-0.25, -0.2) is 0 Å². The third-order valence-electron chi connectivity index (χ3n) is 11.5. The zero-order valence-corrected chi connectivity index (χ0v) is 34.1. The summed E-state index contributed by atoms with van der Waals surface area (Å²) in [5.74, 6) is -4.55. The minimum absolute atomic E-state index is 0.0231. The minimum Gasteiger partial charge on any atom is -0.391 e. The van der Waals surface area contributed by atoms with Crippen LogP contribution in [0.1, 0.15) is 68.6 Å². The number of aliphatic hydroxyl groups is 1. The number of nitrogens with one attached hydrogen (secondary N) is 6. The van der Waals surface area contributed by atoms with Gasteiger partial charge in [0.1, 0.15) is 36.3 Å². The molecule has 0 saturated carbocycles. The van der Waals surface area contributed by atoms with Gasteiger partial charge in [0.2, 0.25) is 35.4 Å². The molecule has 6 amide bonds. The molecule has 2 fully saturated rings. The van der Waals surface area contributed by atoms with Crippen LogP contribution in [0.5, 0.6) is 0 Å². The highest BCUT2D eigenvalue weighted by Gasteiger charge is 2.42. The molecule has 0 radical (unpaired) electrons. The third kappa shape index (κ3) is 10.6. The average molecular weight is 821 g/mol. The first-order valence-electron chi connectivity index (χ1n) is 20.8. The second-order valence-corrected chi connectivity index (χ2v) is 15.8. The minimum atomic E-state index is -1.53. The number of fused-ring (bicyclic) bond motifs is 2. The standard InChI is InChI=1S/C45H56N8O7/c1-27(30-16-7-4-8-17-30)38-45(60)53-23-13-21-37(53)43(58)50-35(24-29-14-5-3-6-15-29)41(56)49-36(25-31-26-47-33-19-10-9-18-32(31)33)42(57)48-34(20-11-12-22-46)40(55)52-39(28(2)54)44(59)51-38/h3-10,14-19,26-28,34-39,47,54H,11-13,20-25,46H2,1-2H3,(H,48,57)(H,49,56)(H,50,58)(H,51,59)(H,52,55)/t27-,28+,34-,35-,36+,37-,38-,39-/m0/s1. The molecule has 15 nitrogen and oxygen atoms in total. The van der Waals surface area contributed by atoms with Crippen molar-refractivity contribution in [1.29, 1.82) is 0 Å². The Morgan fingerprint density at radius 3 is 1.98 bits per heavy atom. The molecule has 2 aliphatic heterocycles. The van der Waals surface area contributed by atoms with Crippen LogP contribution in [0.2, 0.25) is 0 Å². The summed E-state index contributed by atoms with van der Waals surface area (Å²) in [5.41, 5.74) is 8.82. The van der Waals surface area contributed by atoms with Crippen LogP contribution in [-0.4, -0.2) is 106 Å². The fraction of sp³-hybridized carbons (Fsp3) is 0.422. The van der Waals surface area contributed by atoms with E-state index in [0.29, 0.717) is 32.2 Å². The van der Waals surface area contributed by atoms with Crippen molar-refractivity contribution in [1.82, 2.24) is 36.5 Å². The lowest BCUT2D eigenvalue weighted by molar-refractivity contribution is -0.143. The van der Waals surface area contributed by atoms with Crippen molar-refractivity contribution in [3.63, 3.8) is 0 Å². The molecule has 2 aliphatic rings. The quantitative estimate of drug-likeness (QED) is 0.104. The van der Waals surface area contributed by atoms with E-state index in [2.05, 4.69) is 31.6 Å². The van der Waals surface area contributed by atoms with Crippen LogP contribution in [0.15, 0.2) is 91.1 Å². The molecular formula is C45H56N8O7. The van der Waals surface area contributed by atoms with Crippen molar-refractivity contribution in [2.24, 2.45) is 5.73 Å². The zero-order chi connectivity index (χ0) is 42.8. The molecule has 318 valence electrons. The van der Waals surface area contributed by atoms with Gasteiger partial charge in [0, 0.05) is 42.4 Å². The Morgan fingerprint density at radius 1 is 0.683 bits per heavy atom. The Balaban J connectivity index is 1.41. The van der Waals surface area contributed by atoms with Crippen molar-refractivity contribution in [3.05, 3.63) is 108 Å². The topological polar surface area (TPSA) is 228 Å². The van der Waals surface area contributed by atoms with Crippen molar-refractivity contribution >= 4 is 46.3 Å². The van der Waals surface area contributed by atoms with Gasteiger partial charge in [0.05, 0.1) is 6.10 Å². The van der Waals surface area contributed by atoms with E-state index >= 15 is 0 Å². The summed E-state index contributed by atoms with van der Waals surface area (Å²) in [5, 5.41) is 25.8. The summed E-state index contributed by atoms with van der Waals surface area (Å²) in [7, 11) is 0. The van der Waals surface area contributed by atoms with E-state index in [1.807, 2.05) is 84.9 Å². The molecule has 0 bridgehead atoms. The Labute approximate surface area is 349 Å². The number of benzene rings is 3. The second-order valence-electron chi connectivity index (χ2n) is 15.8. The molecule has 6 rings (SSSR count). The summed E-state index contributed by atoms with van der Waals surface area (Å²) < 4.78 is 0. The molecule has 2 saturated heterocycles. The van der Waals surface area contributed by atoms with E-state index in [4.69, 9.17) is 5.73 Å². The number of unbranched alkanes of at least 4 members (excludes halogenated alkanes) is 1. The van der Waals surface area contributed by atoms with Crippen LogP contribution in [0.3, 0.4) is 0 Å². The smallest absolute Gasteiger partial charge is 0.246 e. The van der Waals surface area contributed by atoms with Gasteiger partial charge in [-0.3, -0.25) is 28.8 Å². The number of amides is 6. The van der Waals surface area contributed by atoms with E-state index in [9.17, 15) is 33.9 Å². The highest BCUT2D eigenvalue weighted by molar-refractivity contribution is 5.99. The number of carbonyl (C=O) groups is 6. The van der Waals surface area contributed by atoms with Gasteiger partial charge < -0.3 is 47.3 Å². The van der Waals surface area contributed by atoms with Crippen molar-refractivity contribution < 1.29 is 33.9 Å². The van der Waals surface area contributed by atoms with Crippen molar-refractivity contribution in [2.75, 3.05) is 13.1 Å². The fourth-order valence-corrected chi connectivity index (χ4v) is 8.10. The van der Waals surface area contributed by atoms with Gasteiger partial charge in [-0.05, 0) is 68.3 Å². The molecule has 8 atom stereocenters. The summed E-state index contributed by atoms with van der Waals surface area (Å²) in [6.07, 6.45) is 2.35. The average Bonchev–Trinajstić information content (AvgIpc) is 3.91. The maximum Gasteiger partial charge on any atom is 0.246 e. The molecule has 0 aliphatic carbocycles. The number of aromatic amines is 1. The highest BCUT2D eigenvalue weighted by atomic mass is 16.3. The lowest BCUT2D eigenvalue weighted by Gasteiger charge is -2.34. The second kappa shape index (κ2) is 20.3. The largest absolute Gasteiger partial charge is 0.391 e. The number of hydrogen-bond donors (Lipinski definition) is 8. The Kier molecular flexibility index (Phi) is 14.7. The zero-order valence-electron chi connectivity index (χ0n) is 34.1. The molecule has 15 heteroatoms. The van der Waals surface area contributed by atoms with Gasteiger partial charge in [0.15, 0.2) is 0 Å². The maximum absolute atomic E-state index is 14.7. The van der Waals surface area contributed by atoms with E-state index < -0.39 is 83.7 Å². The van der Waals surface area contributed by atoms with Gasteiger partial charge in [0.25, 0.3) is 0 Å². The number of para-hydroxylation sites is 1. The van der Waals surface area contributed by atoms with E-state index in [0.717, 1.165) is 27.6 Å². The number of hydrogen-bond acceptors (Lipinski definition) is 8. The summed E-state index contributed by atoms with van der Waals surface area (Å²) in [4.78, 5) is 90.9. The number of rotatable bonds is 11.